The Hall–Kier alpha value is -0.620. The molecule has 0 aromatic carbocycles. The molecule has 0 bridgehead atoms. The number of aliphatic carboxylic acids is 1. The minimum atomic E-state index is -2.86. The third-order valence-corrected chi connectivity index (χ3v) is 5.77. The lowest BCUT2D eigenvalue weighted by Crippen LogP contribution is -2.45. The molecule has 0 spiro atoms. The summed E-state index contributed by atoms with van der Waals surface area (Å²) in [6.45, 7) is 1.46. The van der Waals surface area contributed by atoms with Gasteiger partial charge in [-0.05, 0) is 44.2 Å². The largest absolute Gasteiger partial charge is 0.481 e. The molecule has 2 aliphatic heterocycles. The third-order valence-electron chi connectivity index (χ3n) is 4.05. The third kappa shape index (κ3) is 2.98. The Labute approximate surface area is 102 Å². The highest BCUT2D eigenvalue weighted by Gasteiger charge is 2.38. The number of carboxylic acid groups (broad SMARTS) is 1. The summed E-state index contributed by atoms with van der Waals surface area (Å²) in [6, 6.07) is 0. The van der Waals surface area contributed by atoms with Crippen LogP contribution in [0.1, 0.15) is 19.3 Å². The molecule has 0 amide bonds. The van der Waals surface area contributed by atoms with E-state index >= 15 is 0 Å². The van der Waals surface area contributed by atoms with Crippen molar-refractivity contribution in [3.8, 4) is 0 Å². The molecule has 17 heavy (non-hydrogen) atoms. The van der Waals surface area contributed by atoms with Gasteiger partial charge in [0.25, 0.3) is 0 Å². The molecule has 6 heteroatoms. The van der Waals surface area contributed by atoms with Gasteiger partial charge >= 0.3 is 5.97 Å². The van der Waals surface area contributed by atoms with Crippen molar-refractivity contribution in [3.63, 3.8) is 0 Å². The molecule has 2 aliphatic rings. The maximum atomic E-state index is 11.4. The monoisotopic (exact) mass is 261 g/mol. The Morgan fingerprint density at radius 1 is 1.18 bits per heavy atom. The highest BCUT2D eigenvalue weighted by atomic mass is 32.2. The van der Waals surface area contributed by atoms with Crippen molar-refractivity contribution < 1.29 is 18.3 Å². The smallest absolute Gasteiger partial charge is 0.306 e. The maximum absolute atomic E-state index is 11.4. The molecule has 0 saturated carbocycles. The summed E-state index contributed by atoms with van der Waals surface area (Å²) >= 11 is 0. The summed E-state index contributed by atoms with van der Waals surface area (Å²) in [6.07, 6.45) is 1.90. The average Bonchev–Trinajstić information content (AvgIpc) is 2.29. The molecule has 2 unspecified atom stereocenters. The highest BCUT2D eigenvalue weighted by molar-refractivity contribution is 7.91. The fourth-order valence-corrected chi connectivity index (χ4v) is 4.55. The predicted octanol–water partition coefficient (Wildman–Crippen LogP) is 0.122. The van der Waals surface area contributed by atoms with Gasteiger partial charge < -0.3 is 10.4 Å². The van der Waals surface area contributed by atoms with Crippen LogP contribution in [0.4, 0.5) is 0 Å². The SMILES string of the molecule is O=C(O)C1CCNCC1C1CCS(=O)(=O)CC1. The Morgan fingerprint density at radius 2 is 1.82 bits per heavy atom. The van der Waals surface area contributed by atoms with Gasteiger partial charge in [-0.3, -0.25) is 4.79 Å². The number of carbonyl (C=O) groups is 1. The van der Waals surface area contributed by atoms with E-state index < -0.39 is 15.8 Å². The molecule has 2 heterocycles. The van der Waals surface area contributed by atoms with Crippen LogP contribution in [0.3, 0.4) is 0 Å². The minimum absolute atomic E-state index is 0.0942. The van der Waals surface area contributed by atoms with Crippen LogP contribution >= 0.6 is 0 Å². The fourth-order valence-electron chi connectivity index (χ4n) is 3.02. The number of nitrogens with one attached hydrogen (secondary N) is 1. The summed E-state index contributed by atoms with van der Waals surface area (Å²) < 4.78 is 22.7. The van der Waals surface area contributed by atoms with Crippen molar-refractivity contribution >= 4 is 15.8 Å². The molecule has 0 radical (unpaired) electrons. The summed E-state index contributed by atoms with van der Waals surface area (Å²) in [5, 5.41) is 12.4. The quantitative estimate of drug-likeness (QED) is 0.738. The number of carboxylic acids is 1. The van der Waals surface area contributed by atoms with Crippen LogP contribution in [-0.4, -0.2) is 44.1 Å². The van der Waals surface area contributed by atoms with E-state index in [9.17, 15) is 18.3 Å². The molecular formula is C11H19NO4S. The molecule has 0 aliphatic carbocycles. The minimum Gasteiger partial charge on any atom is -0.481 e. The Morgan fingerprint density at radius 3 is 2.41 bits per heavy atom. The lowest BCUT2D eigenvalue weighted by Gasteiger charge is -2.37. The lowest BCUT2D eigenvalue weighted by atomic mass is 9.75. The predicted molar refractivity (Wildman–Crippen MR) is 63.5 cm³/mol. The van der Waals surface area contributed by atoms with Crippen molar-refractivity contribution in [1.82, 2.24) is 5.32 Å². The van der Waals surface area contributed by atoms with Gasteiger partial charge in [0.15, 0.2) is 0 Å². The topological polar surface area (TPSA) is 83.5 Å². The first-order valence-electron chi connectivity index (χ1n) is 6.13. The van der Waals surface area contributed by atoms with E-state index in [2.05, 4.69) is 5.32 Å². The van der Waals surface area contributed by atoms with Gasteiger partial charge in [-0.1, -0.05) is 0 Å². The second-order valence-corrected chi connectivity index (χ2v) is 7.39. The molecule has 98 valence electrons. The molecule has 2 N–H and O–H groups in total. The van der Waals surface area contributed by atoms with E-state index in [0.717, 1.165) is 6.54 Å². The van der Waals surface area contributed by atoms with Gasteiger partial charge in [0.1, 0.15) is 9.84 Å². The number of piperidine rings is 1. The van der Waals surface area contributed by atoms with E-state index in [1.54, 1.807) is 0 Å². The molecule has 2 atom stereocenters. The van der Waals surface area contributed by atoms with Crippen molar-refractivity contribution in [1.29, 1.82) is 0 Å². The second kappa shape index (κ2) is 4.94. The zero-order chi connectivity index (χ0) is 12.5. The maximum Gasteiger partial charge on any atom is 0.306 e. The van der Waals surface area contributed by atoms with Crippen LogP contribution in [0.25, 0.3) is 0 Å². The molecule has 2 fully saturated rings. The number of sulfone groups is 1. The highest BCUT2D eigenvalue weighted by Crippen LogP contribution is 2.34. The summed E-state index contributed by atoms with van der Waals surface area (Å²) in [7, 11) is -2.86. The Kier molecular flexibility index (Phi) is 3.73. The molecular weight excluding hydrogens is 242 g/mol. The zero-order valence-corrected chi connectivity index (χ0v) is 10.6. The Balaban J connectivity index is 2.03. The van der Waals surface area contributed by atoms with Gasteiger partial charge in [-0.25, -0.2) is 8.42 Å². The number of hydrogen-bond acceptors (Lipinski definition) is 4. The normalized spacial score (nSPS) is 34.4. The summed E-state index contributed by atoms with van der Waals surface area (Å²) in [5.41, 5.74) is 0. The standard InChI is InChI=1S/C11H19NO4S/c13-11(14)9-1-4-12-7-10(9)8-2-5-17(15,16)6-3-8/h8-10,12H,1-7H2,(H,13,14). The van der Waals surface area contributed by atoms with Crippen molar-refractivity contribution in [3.05, 3.63) is 0 Å². The van der Waals surface area contributed by atoms with Gasteiger partial charge in [-0.15, -0.1) is 0 Å². The van der Waals surface area contributed by atoms with E-state index in [0.29, 0.717) is 25.8 Å². The first-order chi connectivity index (χ1) is 7.99. The zero-order valence-electron chi connectivity index (χ0n) is 9.76. The van der Waals surface area contributed by atoms with Gasteiger partial charge in [0.2, 0.25) is 0 Å². The summed E-state index contributed by atoms with van der Waals surface area (Å²) in [5.74, 6) is -0.253. The molecule has 0 aromatic heterocycles. The van der Waals surface area contributed by atoms with Crippen LogP contribution in [0.2, 0.25) is 0 Å². The van der Waals surface area contributed by atoms with Crippen LogP contribution in [0.5, 0.6) is 0 Å². The first kappa shape index (κ1) is 12.8. The second-order valence-electron chi connectivity index (χ2n) is 5.09. The fraction of sp³-hybridized carbons (Fsp3) is 0.909. The first-order valence-corrected chi connectivity index (χ1v) is 7.96. The van der Waals surface area contributed by atoms with Gasteiger partial charge in [0, 0.05) is 0 Å². The number of rotatable bonds is 2. The molecule has 0 aromatic rings. The van der Waals surface area contributed by atoms with Crippen molar-refractivity contribution in [2.45, 2.75) is 19.3 Å². The van der Waals surface area contributed by atoms with E-state index in [4.69, 9.17) is 0 Å². The lowest BCUT2D eigenvalue weighted by molar-refractivity contribution is -0.145. The molecule has 2 saturated heterocycles. The van der Waals surface area contributed by atoms with Gasteiger partial charge in [-0.2, -0.15) is 0 Å². The summed E-state index contributed by atoms with van der Waals surface area (Å²) in [4.78, 5) is 11.2. The van der Waals surface area contributed by atoms with Crippen LogP contribution in [0, 0.1) is 17.8 Å². The Bertz CT molecular complexity index is 378. The number of hydrogen-bond donors (Lipinski definition) is 2. The van der Waals surface area contributed by atoms with E-state index in [-0.39, 0.29) is 29.3 Å². The van der Waals surface area contributed by atoms with Crippen LogP contribution < -0.4 is 5.32 Å². The molecule has 2 rings (SSSR count). The van der Waals surface area contributed by atoms with E-state index in [1.165, 1.54) is 0 Å². The van der Waals surface area contributed by atoms with E-state index in [1.807, 2.05) is 0 Å². The van der Waals surface area contributed by atoms with Gasteiger partial charge in [0.05, 0.1) is 17.4 Å². The van der Waals surface area contributed by atoms with Crippen LogP contribution in [0.15, 0.2) is 0 Å². The average molecular weight is 261 g/mol. The van der Waals surface area contributed by atoms with Crippen molar-refractivity contribution in [2.75, 3.05) is 24.6 Å². The van der Waals surface area contributed by atoms with Crippen LogP contribution in [-0.2, 0) is 14.6 Å². The molecule has 5 nitrogen and oxygen atoms in total. The van der Waals surface area contributed by atoms with Crippen molar-refractivity contribution in [2.24, 2.45) is 17.8 Å².